The number of carbonyl (C=O) groups excluding carboxylic acids is 2. The second-order valence-corrected chi connectivity index (χ2v) is 8.42. The number of fused-ring (bicyclic) bond motifs is 2. The summed E-state index contributed by atoms with van der Waals surface area (Å²) in [6.45, 7) is 0. The highest BCUT2D eigenvalue weighted by atomic mass is 35.5. The number of ketones is 2. The molecule has 0 saturated heterocycles. The first kappa shape index (κ1) is 17.5. The number of rotatable bonds is 2. The normalized spacial score (nSPS) is 13.6. The first-order chi connectivity index (χ1) is 13.4. The molecule has 4 nitrogen and oxygen atoms in total. The lowest BCUT2D eigenvalue weighted by Crippen LogP contribution is -1.99. The van der Waals surface area contributed by atoms with Gasteiger partial charge >= 0.3 is 0 Å². The van der Waals surface area contributed by atoms with E-state index in [1.165, 1.54) is 23.5 Å². The van der Waals surface area contributed by atoms with E-state index in [0.717, 1.165) is 26.5 Å². The molecular weight excluding hydrogens is 417 g/mol. The zero-order valence-corrected chi connectivity index (χ0v) is 16.8. The molecule has 0 spiro atoms. The Morgan fingerprint density at radius 3 is 2.29 bits per heavy atom. The van der Waals surface area contributed by atoms with E-state index in [1.807, 2.05) is 35.9 Å². The molecule has 138 valence electrons. The molecule has 1 aliphatic rings. The molecule has 0 aliphatic heterocycles. The van der Waals surface area contributed by atoms with Crippen LogP contribution in [0.1, 0.15) is 25.6 Å². The summed E-state index contributed by atoms with van der Waals surface area (Å²) in [6.07, 6.45) is 3.28. The van der Waals surface area contributed by atoms with Crippen molar-refractivity contribution in [2.24, 2.45) is 7.05 Å². The Hall–Kier alpha value is -2.60. The van der Waals surface area contributed by atoms with Crippen molar-refractivity contribution < 1.29 is 14.0 Å². The minimum absolute atomic E-state index is 0.131. The third-order valence-electron chi connectivity index (χ3n) is 4.85. The second kappa shape index (κ2) is 6.21. The SMILES string of the molecule is Cn1c(-c2ccco2)cc2sc(C=C3C(=O)c4cc(Cl)c(Cl)cc4C3=O)cc21. The summed E-state index contributed by atoms with van der Waals surface area (Å²) in [5.41, 5.74) is 2.70. The van der Waals surface area contributed by atoms with E-state index in [1.54, 1.807) is 12.3 Å². The van der Waals surface area contributed by atoms with Gasteiger partial charge in [-0.15, -0.1) is 11.3 Å². The summed E-state index contributed by atoms with van der Waals surface area (Å²) < 4.78 is 8.55. The quantitative estimate of drug-likeness (QED) is 0.279. The van der Waals surface area contributed by atoms with Crippen molar-refractivity contribution in [2.75, 3.05) is 0 Å². The van der Waals surface area contributed by atoms with E-state index < -0.39 is 0 Å². The van der Waals surface area contributed by atoms with Crippen molar-refractivity contribution in [2.45, 2.75) is 0 Å². The van der Waals surface area contributed by atoms with Crippen LogP contribution >= 0.6 is 34.5 Å². The van der Waals surface area contributed by atoms with Crippen molar-refractivity contribution in [1.29, 1.82) is 0 Å². The lowest BCUT2D eigenvalue weighted by atomic mass is 10.1. The monoisotopic (exact) mass is 427 g/mol. The largest absolute Gasteiger partial charge is 0.463 e. The van der Waals surface area contributed by atoms with Gasteiger partial charge in [0.1, 0.15) is 5.76 Å². The molecule has 0 fully saturated rings. The van der Waals surface area contributed by atoms with Crippen LogP contribution in [0.4, 0.5) is 0 Å². The maximum Gasteiger partial charge on any atom is 0.197 e. The van der Waals surface area contributed by atoms with E-state index >= 15 is 0 Å². The van der Waals surface area contributed by atoms with Crippen molar-refractivity contribution in [3.63, 3.8) is 0 Å². The second-order valence-electron chi connectivity index (χ2n) is 6.49. The maximum absolute atomic E-state index is 12.7. The van der Waals surface area contributed by atoms with Gasteiger partial charge in [-0.2, -0.15) is 0 Å². The molecule has 0 amide bonds. The van der Waals surface area contributed by atoms with Gasteiger partial charge in [0.2, 0.25) is 0 Å². The van der Waals surface area contributed by atoms with Crippen molar-refractivity contribution in [1.82, 2.24) is 4.57 Å². The molecular formula is C21H11Cl2NO3S. The van der Waals surface area contributed by atoms with Gasteiger partial charge in [-0.05, 0) is 42.5 Å². The third-order valence-corrected chi connectivity index (χ3v) is 6.59. The van der Waals surface area contributed by atoms with Crippen LogP contribution in [0.15, 0.2) is 52.7 Å². The zero-order valence-electron chi connectivity index (χ0n) is 14.5. The molecule has 1 aliphatic carbocycles. The third kappa shape index (κ3) is 2.51. The molecule has 5 rings (SSSR count). The van der Waals surface area contributed by atoms with Crippen molar-refractivity contribution >= 4 is 62.4 Å². The summed E-state index contributed by atoms with van der Waals surface area (Å²) >= 11 is 13.5. The lowest BCUT2D eigenvalue weighted by Gasteiger charge is -1.99. The summed E-state index contributed by atoms with van der Waals surface area (Å²) in [5, 5.41) is 0.519. The topological polar surface area (TPSA) is 52.2 Å². The number of aryl methyl sites for hydroxylation is 1. The van der Waals surface area contributed by atoms with Crippen LogP contribution < -0.4 is 0 Å². The van der Waals surface area contributed by atoms with Gasteiger partial charge in [0.25, 0.3) is 0 Å². The van der Waals surface area contributed by atoms with Gasteiger partial charge in [-0.1, -0.05) is 23.2 Å². The number of hydrogen-bond acceptors (Lipinski definition) is 4. The molecule has 0 unspecified atom stereocenters. The highest BCUT2D eigenvalue weighted by Gasteiger charge is 2.34. The first-order valence-corrected chi connectivity index (χ1v) is 9.94. The summed E-state index contributed by atoms with van der Waals surface area (Å²) in [7, 11) is 1.95. The van der Waals surface area contributed by atoms with E-state index in [4.69, 9.17) is 27.6 Å². The molecule has 0 radical (unpaired) electrons. The number of carbonyl (C=O) groups is 2. The Bertz CT molecular complexity index is 1280. The first-order valence-electron chi connectivity index (χ1n) is 8.37. The van der Waals surface area contributed by atoms with Gasteiger partial charge in [-0.25, -0.2) is 0 Å². The number of thiophene rings is 1. The number of allylic oxidation sites excluding steroid dienone is 1. The number of halogens is 2. The van der Waals surface area contributed by atoms with Gasteiger partial charge in [0.15, 0.2) is 11.6 Å². The lowest BCUT2D eigenvalue weighted by molar-refractivity contribution is 0.0990. The highest BCUT2D eigenvalue weighted by molar-refractivity contribution is 7.19. The number of nitrogens with zero attached hydrogens (tertiary/aromatic N) is 1. The molecule has 0 N–H and O–H groups in total. The fourth-order valence-corrected chi connectivity index (χ4v) is 4.85. The van der Waals surface area contributed by atoms with Crippen LogP contribution in [0.3, 0.4) is 0 Å². The Morgan fingerprint density at radius 2 is 1.71 bits per heavy atom. The van der Waals surface area contributed by atoms with Crippen LogP contribution in [0.5, 0.6) is 0 Å². The van der Waals surface area contributed by atoms with Crippen LogP contribution in [0, 0.1) is 0 Å². The summed E-state index contributed by atoms with van der Waals surface area (Å²) in [6, 6.07) is 10.7. The number of hydrogen-bond donors (Lipinski definition) is 0. The maximum atomic E-state index is 12.7. The van der Waals surface area contributed by atoms with Gasteiger partial charge < -0.3 is 8.98 Å². The number of furan rings is 1. The summed E-state index contributed by atoms with van der Waals surface area (Å²) in [4.78, 5) is 26.2. The van der Waals surface area contributed by atoms with Crippen LogP contribution in [-0.4, -0.2) is 16.1 Å². The Kier molecular flexibility index (Phi) is 3.88. The Morgan fingerprint density at radius 1 is 1.04 bits per heavy atom. The zero-order chi connectivity index (χ0) is 19.6. The number of aromatic nitrogens is 1. The predicted octanol–water partition coefficient (Wildman–Crippen LogP) is 6.27. The average Bonchev–Trinajstić information content (AvgIpc) is 3.41. The fourth-order valence-electron chi connectivity index (χ4n) is 3.45. The molecule has 0 atom stereocenters. The van der Waals surface area contributed by atoms with E-state index in [9.17, 15) is 9.59 Å². The smallest absolute Gasteiger partial charge is 0.197 e. The minimum Gasteiger partial charge on any atom is -0.463 e. The standard InChI is InChI=1S/C21H11Cl2NO3S/c1-24-16(18-3-2-4-27-18)9-19-17(24)6-10(28-19)5-13-20(25)11-7-14(22)15(23)8-12(11)21(13)26/h2-9H,1H3. The van der Waals surface area contributed by atoms with Gasteiger partial charge in [-0.3, -0.25) is 9.59 Å². The van der Waals surface area contributed by atoms with E-state index in [0.29, 0.717) is 11.1 Å². The van der Waals surface area contributed by atoms with Crippen LogP contribution in [-0.2, 0) is 7.05 Å². The molecule has 3 aromatic heterocycles. The molecule has 1 aromatic carbocycles. The molecule has 28 heavy (non-hydrogen) atoms. The van der Waals surface area contributed by atoms with Crippen LogP contribution in [0.2, 0.25) is 10.0 Å². The van der Waals surface area contributed by atoms with Gasteiger partial charge in [0, 0.05) is 23.1 Å². The fraction of sp³-hybridized carbons (Fsp3) is 0.0476. The van der Waals surface area contributed by atoms with Crippen molar-refractivity contribution in [3.8, 4) is 11.5 Å². The molecule has 0 saturated carbocycles. The van der Waals surface area contributed by atoms with Crippen LogP contribution in [0.25, 0.3) is 27.7 Å². The number of benzene rings is 1. The summed E-state index contributed by atoms with van der Waals surface area (Å²) in [5.74, 6) is 0.135. The van der Waals surface area contributed by atoms with Gasteiger partial charge in [0.05, 0.1) is 37.8 Å². The molecule has 4 aromatic rings. The Balaban J connectivity index is 1.57. The molecule has 0 bridgehead atoms. The van der Waals surface area contributed by atoms with E-state index in [2.05, 4.69) is 0 Å². The minimum atomic E-state index is -0.327. The highest BCUT2D eigenvalue weighted by Crippen LogP contribution is 2.37. The van der Waals surface area contributed by atoms with Crippen molar-refractivity contribution in [3.05, 3.63) is 74.3 Å². The molecule has 7 heteroatoms. The average molecular weight is 428 g/mol. The van der Waals surface area contributed by atoms with E-state index in [-0.39, 0.29) is 27.2 Å². The predicted molar refractivity (Wildman–Crippen MR) is 112 cm³/mol. The Labute approximate surface area is 173 Å². The number of Topliss-reactive ketones (excluding diaryl/α,β-unsaturated/α-hetero) is 2. The molecule has 3 heterocycles.